The van der Waals surface area contributed by atoms with E-state index in [1.165, 1.54) is 44.9 Å². The van der Waals surface area contributed by atoms with E-state index in [-0.39, 0.29) is 12.7 Å². The molecule has 0 amide bonds. The van der Waals surface area contributed by atoms with Crippen LogP contribution in [0.25, 0.3) is 0 Å². The fourth-order valence-electron chi connectivity index (χ4n) is 1.90. The van der Waals surface area contributed by atoms with Gasteiger partial charge < -0.3 is 0 Å². The highest BCUT2D eigenvalue weighted by atomic mass is 32.3. The molecule has 0 aliphatic rings. The summed E-state index contributed by atoms with van der Waals surface area (Å²) in [7, 11) is -4.01. The van der Waals surface area contributed by atoms with Crippen LogP contribution in [0.1, 0.15) is 85.0 Å². The molecule has 0 N–H and O–H groups in total. The van der Waals surface area contributed by atoms with Gasteiger partial charge in [-0.1, -0.05) is 69.0 Å². The molecule has 128 valence electrons. The van der Waals surface area contributed by atoms with Crippen LogP contribution in [0.5, 0.6) is 0 Å². The third kappa shape index (κ3) is 16.0. The fourth-order valence-corrected chi connectivity index (χ4v) is 2.51. The zero-order valence-electron chi connectivity index (χ0n) is 13.8. The van der Waals surface area contributed by atoms with Gasteiger partial charge in [-0.05, 0) is 20.3 Å². The number of unbranched alkanes of at least 4 members (excludes halogenated alkanes) is 9. The zero-order chi connectivity index (χ0) is 16.0. The van der Waals surface area contributed by atoms with E-state index >= 15 is 0 Å². The minimum atomic E-state index is -4.01. The second kappa shape index (κ2) is 13.5. The van der Waals surface area contributed by atoms with Crippen molar-refractivity contribution >= 4 is 10.4 Å². The normalized spacial score (nSPS) is 12.2. The molecular weight excluding hydrogens is 292 g/mol. The van der Waals surface area contributed by atoms with Gasteiger partial charge in [0, 0.05) is 0 Å². The summed E-state index contributed by atoms with van der Waals surface area (Å²) in [5.74, 6) is 0. The quantitative estimate of drug-likeness (QED) is 0.252. The van der Waals surface area contributed by atoms with Crippen molar-refractivity contribution in [2.24, 2.45) is 0 Å². The standard InChI is InChI=1S/C15H32O5S/c1-4-5-6-7-8-9-10-11-12-13-14-18-21(16,17)20-19-15(2)3/h15H,4-14H2,1-3H3. The van der Waals surface area contributed by atoms with Crippen molar-refractivity contribution in [3.05, 3.63) is 0 Å². The van der Waals surface area contributed by atoms with Gasteiger partial charge in [-0.25, -0.2) is 9.07 Å². The molecule has 0 aliphatic heterocycles. The molecule has 6 heteroatoms. The monoisotopic (exact) mass is 324 g/mol. The molecule has 0 aliphatic carbocycles. The van der Waals surface area contributed by atoms with Crippen LogP contribution < -0.4 is 0 Å². The Morgan fingerprint density at radius 3 is 1.76 bits per heavy atom. The molecular formula is C15H32O5S. The van der Waals surface area contributed by atoms with Crippen LogP contribution in [0.4, 0.5) is 0 Å². The topological polar surface area (TPSA) is 61.8 Å². The summed E-state index contributed by atoms with van der Waals surface area (Å²) in [5, 5.41) is 0. The maximum absolute atomic E-state index is 11.2. The Balaban J connectivity index is 3.32. The summed E-state index contributed by atoms with van der Waals surface area (Å²) in [6.07, 6.45) is 11.6. The molecule has 0 fully saturated rings. The van der Waals surface area contributed by atoms with Gasteiger partial charge in [0.05, 0.1) is 12.7 Å². The van der Waals surface area contributed by atoms with E-state index in [2.05, 4.69) is 20.3 Å². The molecule has 0 bridgehead atoms. The Bertz CT molecular complexity index is 314. The molecule has 0 saturated carbocycles. The SMILES string of the molecule is CCCCCCCCCCCCOS(=O)(=O)OOC(C)C. The molecule has 0 rings (SSSR count). The maximum Gasteiger partial charge on any atom is 0.426 e. The van der Waals surface area contributed by atoms with Crippen molar-refractivity contribution in [3.63, 3.8) is 0 Å². The molecule has 0 aromatic rings. The molecule has 0 unspecified atom stereocenters. The van der Waals surface area contributed by atoms with Crippen LogP contribution in [0.2, 0.25) is 0 Å². The zero-order valence-corrected chi connectivity index (χ0v) is 14.6. The van der Waals surface area contributed by atoms with Gasteiger partial charge in [-0.2, -0.15) is 8.42 Å². The first-order valence-electron chi connectivity index (χ1n) is 8.22. The number of hydrogen-bond donors (Lipinski definition) is 0. The smallest absolute Gasteiger partial charge is 0.246 e. The van der Waals surface area contributed by atoms with E-state index in [1.807, 2.05) is 0 Å². The molecule has 0 atom stereocenters. The molecule has 0 spiro atoms. The van der Waals surface area contributed by atoms with Crippen LogP contribution in [0, 0.1) is 0 Å². The van der Waals surface area contributed by atoms with Crippen LogP contribution in [-0.2, 0) is 23.8 Å². The highest BCUT2D eigenvalue weighted by molar-refractivity contribution is 7.81. The third-order valence-electron chi connectivity index (χ3n) is 3.04. The van der Waals surface area contributed by atoms with Crippen LogP contribution in [0.3, 0.4) is 0 Å². The van der Waals surface area contributed by atoms with Crippen molar-refractivity contribution in [1.82, 2.24) is 0 Å². The predicted molar refractivity (Wildman–Crippen MR) is 84.0 cm³/mol. The summed E-state index contributed by atoms with van der Waals surface area (Å²) in [6.45, 7) is 5.73. The Kier molecular flexibility index (Phi) is 13.4. The van der Waals surface area contributed by atoms with E-state index in [0.717, 1.165) is 19.3 Å². The average Bonchev–Trinajstić information content (AvgIpc) is 2.43. The lowest BCUT2D eigenvalue weighted by atomic mass is 10.1. The van der Waals surface area contributed by atoms with E-state index < -0.39 is 10.4 Å². The van der Waals surface area contributed by atoms with Crippen molar-refractivity contribution < 1.29 is 21.8 Å². The van der Waals surface area contributed by atoms with E-state index in [0.29, 0.717) is 0 Å². The predicted octanol–water partition coefficient (Wildman–Crippen LogP) is 4.53. The minimum Gasteiger partial charge on any atom is -0.246 e. The van der Waals surface area contributed by atoms with Gasteiger partial charge in [0.2, 0.25) is 0 Å². The van der Waals surface area contributed by atoms with Gasteiger partial charge in [0.25, 0.3) is 0 Å². The van der Waals surface area contributed by atoms with Gasteiger partial charge in [-0.15, -0.1) is 0 Å². The molecule has 0 aromatic carbocycles. The first-order valence-corrected chi connectivity index (χ1v) is 9.55. The highest BCUT2D eigenvalue weighted by Gasteiger charge is 2.13. The molecule has 0 heterocycles. The summed E-state index contributed by atoms with van der Waals surface area (Å²) in [5.41, 5.74) is 0. The molecule has 21 heavy (non-hydrogen) atoms. The molecule has 0 saturated heterocycles. The lowest BCUT2D eigenvalue weighted by Gasteiger charge is -2.07. The Morgan fingerprint density at radius 2 is 1.29 bits per heavy atom. The van der Waals surface area contributed by atoms with Crippen molar-refractivity contribution in [2.45, 2.75) is 91.1 Å². The van der Waals surface area contributed by atoms with Gasteiger partial charge in [0.1, 0.15) is 0 Å². The number of rotatable bonds is 15. The fraction of sp³-hybridized carbons (Fsp3) is 1.00. The lowest BCUT2D eigenvalue weighted by molar-refractivity contribution is -0.237. The summed E-state index contributed by atoms with van der Waals surface area (Å²) < 4.78 is 31.4. The number of hydrogen-bond acceptors (Lipinski definition) is 5. The van der Waals surface area contributed by atoms with Crippen molar-refractivity contribution in [2.75, 3.05) is 6.61 Å². The Morgan fingerprint density at radius 1 is 0.810 bits per heavy atom. The van der Waals surface area contributed by atoms with Gasteiger partial charge >= 0.3 is 10.4 Å². The second-order valence-corrected chi connectivity index (χ2v) is 6.81. The lowest BCUT2D eigenvalue weighted by Crippen LogP contribution is -2.14. The second-order valence-electron chi connectivity index (χ2n) is 5.63. The van der Waals surface area contributed by atoms with Gasteiger partial charge in [0.15, 0.2) is 0 Å². The van der Waals surface area contributed by atoms with Gasteiger partial charge in [-0.3, -0.25) is 0 Å². The van der Waals surface area contributed by atoms with Crippen molar-refractivity contribution in [1.29, 1.82) is 0 Å². The minimum absolute atomic E-state index is 0.153. The summed E-state index contributed by atoms with van der Waals surface area (Å²) in [6, 6.07) is 0. The largest absolute Gasteiger partial charge is 0.426 e. The van der Waals surface area contributed by atoms with Crippen LogP contribution >= 0.6 is 0 Å². The van der Waals surface area contributed by atoms with Crippen molar-refractivity contribution in [3.8, 4) is 0 Å². The van der Waals surface area contributed by atoms with Crippen LogP contribution in [0.15, 0.2) is 0 Å². The Hall–Kier alpha value is -0.170. The third-order valence-corrected chi connectivity index (χ3v) is 3.74. The summed E-state index contributed by atoms with van der Waals surface area (Å²) >= 11 is 0. The first-order chi connectivity index (χ1) is 9.98. The molecule has 5 nitrogen and oxygen atoms in total. The van der Waals surface area contributed by atoms with Crippen LogP contribution in [-0.4, -0.2) is 21.1 Å². The Labute approximate surface area is 130 Å². The van der Waals surface area contributed by atoms with E-state index in [1.54, 1.807) is 13.8 Å². The molecule has 0 aromatic heterocycles. The van der Waals surface area contributed by atoms with E-state index in [9.17, 15) is 8.42 Å². The first kappa shape index (κ1) is 20.8. The highest BCUT2D eigenvalue weighted by Crippen LogP contribution is 2.11. The average molecular weight is 324 g/mol. The summed E-state index contributed by atoms with van der Waals surface area (Å²) in [4.78, 5) is 4.54. The molecule has 0 radical (unpaired) electrons. The maximum atomic E-state index is 11.2. The van der Waals surface area contributed by atoms with E-state index in [4.69, 9.17) is 0 Å².